The first kappa shape index (κ1) is 25.3. The lowest BCUT2D eigenvalue weighted by molar-refractivity contribution is -0.146. The predicted molar refractivity (Wildman–Crippen MR) is 154 cm³/mol. The number of ether oxygens (including phenoxy) is 1. The molecule has 196 valence electrons. The quantitative estimate of drug-likeness (QED) is 0.176. The Labute approximate surface area is 235 Å². The summed E-state index contributed by atoms with van der Waals surface area (Å²) >= 11 is 3.48. The Morgan fingerprint density at radius 3 is 2.18 bits per heavy atom. The predicted octanol–water partition coefficient (Wildman–Crippen LogP) is 7.59. The Bertz CT molecular complexity index is 1610. The molecule has 0 aliphatic heterocycles. The van der Waals surface area contributed by atoms with Crippen molar-refractivity contribution in [2.75, 3.05) is 6.61 Å². The van der Waals surface area contributed by atoms with Crippen LogP contribution in [0.15, 0.2) is 94.1 Å². The third-order valence-electron chi connectivity index (χ3n) is 7.42. The molecule has 1 aliphatic rings. The minimum absolute atomic E-state index is 0.111. The third-order valence-corrected chi connectivity index (χ3v) is 7.95. The molecule has 3 aromatic carbocycles. The van der Waals surface area contributed by atoms with E-state index in [-0.39, 0.29) is 5.97 Å². The summed E-state index contributed by atoms with van der Waals surface area (Å²) in [4.78, 5) is 12.4. The van der Waals surface area contributed by atoms with Gasteiger partial charge in [-0.25, -0.2) is 0 Å². The molecule has 2 aromatic heterocycles. The monoisotopic (exact) mass is 581 g/mol. The Hall–Kier alpha value is -3.97. The molecule has 0 amide bonds. The molecule has 5 aromatic rings. The topological polar surface area (TPSA) is 70.2 Å². The maximum absolute atomic E-state index is 12.4. The number of aromatic nitrogens is 3. The van der Waals surface area contributed by atoms with Crippen LogP contribution in [0.3, 0.4) is 0 Å². The number of rotatable bonds is 8. The van der Waals surface area contributed by atoms with Crippen LogP contribution in [-0.2, 0) is 21.5 Å². The number of nitrogens with zero attached hydrogens (tertiary/aromatic N) is 3. The fraction of sp³-hybridized carbons (Fsp3) is 0.219. The van der Waals surface area contributed by atoms with Crippen molar-refractivity contribution in [2.45, 2.75) is 38.6 Å². The number of halogens is 1. The number of hydrogen-bond donors (Lipinski definition) is 0. The zero-order valence-electron chi connectivity index (χ0n) is 21.9. The van der Waals surface area contributed by atoms with Crippen molar-refractivity contribution >= 4 is 21.9 Å². The van der Waals surface area contributed by atoms with Gasteiger partial charge in [-0.1, -0.05) is 81.8 Å². The highest BCUT2D eigenvalue weighted by molar-refractivity contribution is 9.10. The molecule has 0 spiro atoms. The molecule has 6 nitrogen and oxygen atoms in total. The van der Waals surface area contributed by atoms with E-state index in [1.807, 2.05) is 55.1 Å². The van der Waals surface area contributed by atoms with Gasteiger partial charge in [0.2, 0.25) is 0 Å². The maximum Gasteiger partial charge on any atom is 0.316 e. The van der Waals surface area contributed by atoms with Crippen LogP contribution in [0.4, 0.5) is 0 Å². The SMILES string of the molecule is CCOC(=O)C1(c2ccc(-c3ccc(-c4onc(C)c4Cn4ccc(-c5ccc(Br)cc5)n4)cc3)cc2)CC1. The minimum atomic E-state index is -0.452. The Morgan fingerprint density at radius 1 is 0.923 bits per heavy atom. The lowest BCUT2D eigenvalue weighted by Crippen LogP contribution is -2.23. The van der Waals surface area contributed by atoms with Gasteiger partial charge in [-0.15, -0.1) is 0 Å². The summed E-state index contributed by atoms with van der Waals surface area (Å²) < 4.78 is 14.0. The molecule has 1 aliphatic carbocycles. The van der Waals surface area contributed by atoms with Gasteiger partial charge in [-0.3, -0.25) is 9.48 Å². The second kappa shape index (κ2) is 10.3. The number of hydrogen-bond acceptors (Lipinski definition) is 5. The van der Waals surface area contributed by atoms with Crippen LogP contribution in [-0.4, -0.2) is 27.5 Å². The first-order valence-electron chi connectivity index (χ1n) is 13.1. The lowest BCUT2D eigenvalue weighted by atomic mass is 9.93. The standard InChI is InChI=1S/C32H28BrN3O3/c1-3-38-31(37)32(17-18-32)26-12-8-23(9-13-26)22-4-6-25(7-5-22)30-28(21(2)35-39-30)20-36-19-16-29(34-36)24-10-14-27(33)15-11-24/h4-16,19H,3,17-18,20H2,1-2H3. The van der Waals surface area contributed by atoms with E-state index < -0.39 is 5.41 Å². The molecule has 0 bridgehead atoms. The fourth-order valence-electron chi connectivity index (χ4n) is 4.99. The molecule has 0 radical (unpaired) electrons. The molecular weight excluding hydrogens is 554 g/mol. The van der Waals surface area contributed by atoms with E-state index in [2.05, 4.69) is 69.6 Å². The number of aryl methyl sites for hydroxylation is 1. The van der Waals surface area contributed by atoms with E-state index in [0.717, 1.165) is 67.8 Å². The van der Waals surface area contributed by atoms with E-state index in [4.69, 9.17) is 14.4 Å². The van der Waals surface area contributed by atoms with Gasteiger partial charge in [0.05, 0.1) is 30.0 Å². The van der Waals surface area contributed by atoms with Crippen LogP contribution in [0.2, 0.25) is 0 Å². The van der Waals surface area contributed by atoms with Crippen LogP contribution in [0.1, 0.15) is 36.6 Å². The van der Waals surface area contributed by atoms with Gasteiger partial charge < -0.3 is 9.26 Å². The van der Waals surface area contributed by atoms with Crippen molar-refractivity contribution in [1.82, 2.24) is 14.9 Å². The van der Waals surface area contributed by atoms with Gasteiger partial charge in [-0.05, 0) is 61.6 Å². The largest absolute Gasteiger partial charge is 0.465 e. The smallest absolute Gasteiger partial charge is 0.316 e. The molecule has 0 unspecified atom stereocenters. The molecule has 2 heterocycles. The van der Waals surface area contributed by atoms with Gasteiger partial charge in [0.25, 0.3) is 0 Å². The Kier molecular flexibility index (Phi) is 6.69. The van der Waals surface area contributed by atoms with Crippen LogP contribution in [0.25, 0.3) is 33.7 Å². The van der Waals surface area contributed by atoms with E-state index >= 15 is 0 Å². The van der Waals surface area contributed by atoms with Crippen molar-refractivity contribution in [2.24, 2.45) is 0 Å². The zero-order chi connectivity index (χ0) is 27.0. The van der Waals surface area contributed by atoms with Crippen LogP contribution in [0, 0.1) is 6.92 Å². The average molecular weight is 582 g/mol. The summed E-state index contributed by atoms with van der Waals surface area (Å²) in [5.41, 5.74) is 7.57. The molecule has 7 heteroatoms. The van der Waals surface area contributed by atoms with Gasteiger partial charge in [0.15, 0.2) is 5.76 Å². The molecule has 6 rings (SSSR count). The van der Waals surface area contributed by atoms with E-state index in [0.29, 0.717) is 13.2 Å². The van der Waals surface area contributed by atoms with Crippen LogP contribution >= 0.6 is 15.9 Å². The Morgan fingerprint density at radius 2 is 1.54 bits per heavy atom. The van der Waals surface area contributed by atoms with Gasteiger partial charge in [0.1, 0.15) is 0 Å². The van der Waals surface area contributed by atoms with Gasteiger partial charge in [-0.2, -0.15) is 5.10 Å². The van der Waals surface area contributed by atoms with Crippen molar-refractivity contribution in [1.29, 1.82) is 0 Å². The molecule has 1 fully saturated rings. The number of benzene rings is 3. The first-order valence-corrected chi connectivity index (χ1v) is 13.9. The summed E-state index contributed by atoms with van der Waals surface area (Å²) in [6.07, 6.45) is 3.68. The first-order chi connectivity index (χ1) is 19.0. The summed E-state index contributed by atoms with van der Waals surface area (Å²) in [6, 6.07) is 26.7. The van der Waals surface area contributed by atoms with Gasteiger partial charge >= 0.3 is 5.97 Å². The summed E-state index contributed by atoms with van der Waals surface area (Å²) in [6.45, 7) is 4.78. The lowest BCUT2D eigenvalue weighted by Gasteiger charge is -2.14. The molecule has 0 saturated heterocycles. The Balaban J connectivity index is 1.20. The van der Waals surface area contributed by atoms with Crippen molar-refractivity contribution in [3.8, 4) is 33.7 Å². The summed E-state index contributed by atoms with van der Waals surface area (Å²) in [5, 5.41) is 9.02. The zero-order valence-corrected chi connectivity index (χ0v) is 23.4. The van der Waals surface area contributed by atoms with Crippen LogP contribution in [0.5, 0.6) is 0 Å². The van der Waals surface area contributed by atoms with E-state index in [1.54, 1.807) is 0 Å². The van der Waals surface area contributed by atoms with E-state index in [9.17, 15) is 4.79 Å². The molecule has 1 saturated carbocycles. The second-order valence-electron chi connectivity index (χ2n) is 9.94. The minimum Gasteiger partial charge on any atom is -0.465 e. The number of carbonyl (C=O) groups excluding carboxylic acids is 1. The maximum atomic E-state index is 12.4. The second-order valence-corrected chi connectivity index (χ2v) is 10.9. The molecular formula is C32H28BrN3O3. The van der Waals surface area contributed by atoms with Crippen molar-refractivity contribution in [3.63, 3.8) is 0 Å². The summed E-state index contributed by atoms with van der Waals surface area (Å²) in [5.74, 6) is 0.639. The van der Waals surface area contributed by atoms with Crippen LogP contribution < -0.4 is 0 Å². The summed E-state index contributed by atoms with van der Waals surface area (Å²) in [7, 11) is 0. The molecule has 39 heavy (non-hydrogen) atoms. The molecule has 0 atom stereocenters. The van der Waals surface area contributed by atoms with Crippen molar-refractivity contribution < 1.29 is 14.1 Å². The van der Waals surface area contributed by atoms with E-state index in [1.165, 1.54) is 0 Å². The fourth-order valence-corrected chi connectivity index (χ4v) is 5.25. The highest BCUT2D eigenvalue weighted by atomic mass is 79.9. The van der Waals surface area contributed by atoms with Gasteiger partial charge in [0, 0.05) is 27.4 Å². The number of carbonyl (C=O) groups is 1. The highest BCUT2D eigenvalue weighted by Gasteiger charge is 2.52. The van der Waals surface area contributed by atoms with Crippen molar-refractivity contribution in [3.05, 3.63) is 106 Å². The third kappa shape index (κ3) is 4.94. The highest BCUT2D eigenvalue weighted by Crippen LogP contribution is 2.49. The number of esters is 1. The molecule has 0 N–H and O–H groups in total. The average Bonchev–Trinajstić information content (AvgIpc) is 3.52. The normalized spacial score (nSPS) is 13.8.